The first-order chi connectivity index (χ1) is 11.3. The number of nitrogens with two attached hydrogens (primary N) is 1. The largest absolute Gasteiger partial charge is 0.490 e. The fourth-order valence-corrected chi connectivity index (χ4v) is 3.45. The lowest BCUT2D eigenvalue weighted by Crippen LogP contribution is -2.34. The molecule has 0 atom stereocenters. The second-order valence-electron chi connectivity index (χ2n) is 5.54. The van der Waals surface area contributed by atoms with E-state index < -0.39 is 0 Å². The van der Waals surface area contributed by atoms with Gasteiger partial charge in [0.1, 0.15) is 16.9 Å². The summed E-state index contributed by atoms with van der Waals surface area (Å²) in [7, 11) is 0. The van der Waals surface area contributed by atoms with Crippen LogP contribution in [0.1, 0.15) is 12.8 Å². The maximum Gasteiger partial charge on any atom is 0.220 e. The molecular formula is C16H17N5OS. The summed E-state index contributed by atoms with van der Waals surface area (Å²) in [6.07, 6.45) is 5.76. The average molecular weight is 327 g/mol. The van der Waals surface area contributed by atoms with Crippen LogP contribution in [-0.4, -0.2) is 34.1 Å². The lowest BCUT2D eigenvalue weighted by atomic mass is 10.1. The Kier molecular flexibility index (Phi) is 3.80. The van der Waals surface area contributed by atoms with E-state index in [4.69, 9.17) is 10.5 Å². The molecule has 3 heterocycles. The first kappa shape index (κ1) is 14.3. The Morgan fingerprint density at radius 2 is 2.09 bits per heavy atom. The lowest BCUT2D eigenvalue weighted by molar-refractivity contribution is 0.163. The van der Waals surface area contributed by atoms with Crippen LogP contribution >= 0.6 is 11.3 Å². The Morgan fingerprint density at radius 3 is 2.87 bits per heavy atom. The summed E-state index contributed by atoms with van der Waals surface area (Å²) in [6, 6.07) is 3.98. The van der Waals surface area contributed by atoms with Crippen molar-refractivity contribution in [2.24, 2.45) is 0 Å². The fraction of sp³-hybridized carbons (Fsp3) is 0.312. The molecule has 0 radical (unpaired) electrons. The third-order valence-corrected chi connectivity index (χ3v) is 4.75. The number of nitrogens with one attached hydrogen (secondary N) is 1. The van der Waals surface area contributed by atoms with E-state index in [1.807, 2.05) is 17.5 Å². The summed E-state index contributed by atoms with van der Waals surface area (Å²) < 4.78 is 6.28. The molecule has 118 valence electrons. The minimum atomic E-state index is 0.214. The quantitative estimate of drug-likeness (QED) is 0.768. The molecule has 1 saturated heterocycles. The molecule has 0 unspecified atom stereocenters. The van der Waals surface area contributed by atoms with E-state index in [0.717, 1.165) is 53.2 Å². The van der Waals surface area contributed by atoms with Crippen LogP contribution in [0.4, 0.5) is 5.95 Å². The molecule has 0 aliphatic carbocycles. The van der Waals surface area contributed by atoms with Crippen LogP contribution in [0.25, 0.3) is 21.5 Å². The van der Waals surface area contributed by atoms with E-state index in [0.29, 0.717) is 0 Å². The van der Waals surface area contributed by atoms with Gasteiger partial charge in [-0.15, -0.1) is 11.3 Å². The number of nitrogens with zero attached hydrogens (tertiary/aromatic N) is 3. The average Bonchev–Trinajstić information content (AvgIpc) is 3.09. The zero-order valence-electron chi connectivity index (χ0n) is 12.5. The number of aromatic nitrogens is 3. The molecule has 1 aliphatic heterocycles. The predicted molar refractivity (Wildman–Crippen MR) is 91.6 cm³/mol. The molecule has 0 bridgehead atoms. The van der Waals surface area contributed by atoms with Gasteiger partial charge in [-0.25, -0.2) is 15.0 Å². The van der Waals surface area contributed by atoms with Gasteiger partial charge in [0.15, 0.2) is 0 Å². The third kappa shape index (κ3) is 2.97. The summed E-state index contributed by atoms with van der Waals surface area (Å²) in [6.45, 7) is 1.97. The molecule has 0 spiro atoms. The summed E-state index contributed by atoms with van der Waals surface area (Å²) >= 11 is 1.59. The normalized spacial score (nSPS) is 15.8. The standard InChI is InChI=1S/C16H17N5OS/c17-16-20-9-10-7-12(15-19-5-6-23-15)14(8-13(10)21-16)22-11-1-3-18-4-2-11/h5-9,11,18H,1-4H2,(H2,17,20,21). The third-order valence-electron chi connectivity index (χ3n) is 3.94. The van der Waals surface area contributed by atoms with Gasteiger partial charge in [0.25, 0.3) is 0 Å². The summed E-state index contributed by atoms with van der Waals surface area (Å²) in [5.41, 5.74) is 7.49. The SMILES string of the molecule is Nc1ncc2cc(-c3nccs3)c(OC3CCNCC3)cc2n1. The van der Waals surface area contributed by atoms with Crippen molar-refractivity contribution in [3.05, 3.63) is 29.9 Å². The van der Waals surface area contributed by atoms with Crippen LogP contribution in [0.15, 0.2) is 29.9 Å². The molecule has 4 rings (SSSR count). The molecule has 3 N–H and O–H groups in total. The Hall–Kier alpha value is -2.25. The van der Waals surface area contributed by atoms with Gasteiger partial charge in [-0.3, -0.25) is 0 Å². The molecule has 2 aromatic heterocycles. The molecule has 3 aromatic rings. The van der Waals surface area contributed by atoms with E-state index >= 15 is 0 Å². The highest BCUT2D eigenvalue weighted by Gasteiger charge is 2.18. The predicted octanol–water partition coefficient (Wildman–Crippen LogP) is 2.47. The number of anilines is 1. The monoisotopic (exact) mass is 327 g/mol. The number of hydrogen-bond donors (Lipinski definition) is 2. The van der Waals surface area contributed by atoms with Crippen LogP contribution in [0, 0.1) is 0 Å². The maximum atomic E-state index is 6.28. The van der Waals surface area contributed by atoms with Gasteiger partial charge in [0, 0.05) is 29.2 Å². The van der Waals surface area contributed by atoms with Crippen molar-refractivity contribution in [1.82, 2.24) is 20.3 Å². The first-order valence-corrected chi connectivity index (χ1v) is 8.51. The topological polar surface area (TPSA) is 86.0 Å². The van der Waals surface area contributed by atoms with E-state index in [-0.39, 0.29) is 12.1 Å². The molecule has 1 aromatic carbocycles. The van der Waals surface area contributed by atoms with Gasteiger partial charge < -0.3 is 15.8 Å². The number of piperidine rings is 1. The summed E-state index contributed by atoms with van der Waals surface area (Å²) in [4.78, 5) is 12.8. The van der Waals surface area contributed by atoms with Crippen LogP contribution in [0.2, 0.25) is 0 Å². The van der Waals surface area contributed by atoms with E-state index in [1.165, 1.54) is 0 Å². The van der Waals surface area contributed by atoms with Gasteiger partial charge in [-0.05, 0) is 32.0 Å². The zero-order chi connectivity index (χ0) is 15.6. The van der Waals surface area contributed by atoms with Crippen molar-refractivity contribution in [3.8, 4) is 16.3 Å². The summed E-state index contributed by atoms with van der Waals surface area (Å²) in [5, 5.41) is 7.19. The van der Waals surface area contributed by atoms with Crippen LogP contribution in [0.5, 0.6) is 5.75 Å². The molecule has 1 fully saturated rings. The number of hydrogen-bond acceptors (Lipinski definition) is 7. The molecule has 1 aliphatic rings. The molecule has 0 saturated carbocycles. The molecular weight excluding hydrogens is 310 g/mol. The van der Waals surface area contributed by atoms with E-state index in [1.54, 1.807) is 23.7 Å². The van der Waals surface area contributed by atoms with Crippen molar-refractivity contribution in [3.63, 3.8) is 0 Å². The van der Waals surface area contributed by atoms with Gasteiger partial charge >= 0.3 is 0 Å². The number of fused-ring (bicyclic) bond motifs is 1. The van der Waals surface area contributed by atoms with Crippen molar-refractivity contribution >= 4 is 28.2 Å². The van der Waals surface area contributed by atoms with Crippen LogP contribution in [-0.2, 0) is 0 Å². The smallest absolute Gasteiger partial charge is 0.220 e. The number of thiazole rings is 1. The Balaban J connectivity index is 1.79. The Morgan fingerprint density at radius 1 is 1.22 bits per heavy atom. The molecule has 7 heteroatoms. The van der Waals surface area contributed by atoms with Crippen molar-refractivity contribution in [2.45, 2.75) is 18.9 Å². The lowest BCUT2D eigenvalue weighted by Gasteiger charge is -2.25. The second kappa shape index (κ2) is 6.10. The van der Waals surface area contributed by atoms with Crippen molar-refractivity contribution in [1.29, 1.82) is 0 Å². The highest BCUT2D eigenvalue weighted by molar-refractivity contribution is 7.13. The van der Waals surface area contributed by atoms with Gasteiger partial charge in [-0.2, -0.15) is 0 Å². The highest BCUT2D eigenvalue weighted by Crippen LogP contribution is 2.36. The number of nitrogen functional groups attached to an aromatic ring is 1. The second-order valence-corrected chi connectivity index (χ2v) is 6.43. The van der Waals surface area contributed by atoms with Crippen LogP contribution in [0.3, 0.4) is 0 Å². The molecule has 0 amide bonds. The van der Waals surface area contributed by atoms with Gasteiger partial charge in [0.2, 0.25) is 5.95 Å². The van der Waals surface area contributed by atoms with Gasteiger partial charge in [0.05, 0.1) is 11.1 Å². The van der Waals surface area contributed by atoms with Crippen molar-refractivity contribution in [2.75, 3.05) is 18.8 Å². The number of benzene rings is 1. The molecule has 23 heavy (non-hydrogen) atoms. The number of rotatable bonds is 3. The van der Waals surface area contributed by atoms with Crippen molar-refractivity contribution < 1.29 is 4.74 Å². The summed E-state index contributed by atoms with van der Waals surface area (Å²) in [5.74, 6) is 1.09. The minimum absolute atomic E-state index is 0.214. The van der Waals surface area contributed by atoms with E-state index in [2.05, 4.69) is 20.3 Å². The Bertz CT molecular complexity index is 815. The highest BCUT2D eigenvalue weighted by atomic mass is 32.1. The molecule has 6 nitrogen and oxygen atoms in total. The van der Waals surface area contributed by atoms with Crippen LogP contribution < -0.4 is 15.8 Å². The maximum absolute atomic E-state index is 6.28. The zero-order valence-corrected chi connectivity index (χ0v) is 13.3. The van der Waals surface area contributed by atoms with E-state index in [9.17, 15) is 0 Å². The van der Waals surface area contributed by atoms with Gasteiger partial charge in [-0.1, -0.05) is 0 Å². The minimum Gasteiger partial charge on any atom is -0.490 e. The fourth-order valence-electron chi connectivity index (χ4n) is 2.79. The first-order valence-electron chi connectivity index (χ1n) is 7.63. The number of ether oxygens (including phenoxy) is 1. The Labute approximate surface area is 137 Å².